The van der Waals surface area contributed by atoms with Gasteiger partial charge in [0.05, 0.1) is 13.2 Å². The first-order valence-electron chi connectivity index (χ1n) is 9.10. The fraction of sp³-hybridized carbons (Fsp3) is 0.882. The van der Waals surface area contributed by atoms with Gasteiger partial charge in [0.15, 0.2) is 5.96 Å². The summed E-state index contributed by atoms with van der Waals surface area (Å²) in [6.45, 7) is 11.3. The number of amides is 1. The normalized spacial score (nSPS) is 17.9. The van der Waals surface area contributed by atoms with Crippen LogP contribution in [0.4, 0.5) is 0 Å². The van der Waals surface area contributed by atoms with Gasteiger partial charge in [-0.2, -0.15) is 0 Å². The third-order valence-electron chi connectivity index (χ3n) is 4.13. The lowest BCUT2D eigenvalue weighted by Gasteiger charge is -2.36. The zero-order chi connectivity index (χ0) is 19.6. The molecule has 1 fully saturated rings. The Bertz CT molecular complexity index is 485. The van der Waals surface area contributed by atoms with E-state index in [0.29, 0.717) is 32.0 Å². The molecule has 152 valence electrons. The summed E-state index contributed by atoms with van der Waals surface area (Å²) >= 11 is 0. The van der Waals surface area contributed by atoms with Crippen LogP contribution in [0, 0.1) is 0 Å². The van der Waals surface area contributed by atoms with Gasteiger partial charge < -0.3 is 20.3 Å². The molecule has 9 heteroatoms. The molecule has 1 aliphatic rings. The standard InChI is InChI=1S/C17H35N5O3S/c1-17(2,3)26(24)13-7-20-16(18-4)22-10-8-21(9-11-22)14-15(23)19-6-12-25-5/h6-14H2,1-5H3,(H,18,20)(H,19,23). The van der Waals surface area contributed by atoms with E-state index in [4.69, 9.17) is 4.74 Å². The number of carbonyl (C=O) groups is 1. The first-order chi connectivity index (χ1) is 12.3. The van der Waals surface area contributed by atoms with Crippen LogP contribution in [-0.4, -0.2) is 103 Å². The first kappa shape index (κ1) is 22.9. The lowest BCUT2D eigenvalue weighted by Crippen LogP contribution is -2.54. The Hall–Kier alpha value is -1.19. The van der Waals surface area contributed by atoms with Crippen molar-refractivity contribution in [3.63, 3.8) is 0 Å². The Morgan fingerprint density at radius 2 is 1.81 bits per heavy atom. The highest BCUT2D eigenvalue weighted by Gasteiger charge is 2.22. The largest absolute Gasteiger partial charge is 0.383 e. The number of hydrogen-bond donors (Lipinski definition) is 2. The van der Waals surface area contributed by atoms with E-state index >= 15 is 0 Å². The monoisotopic (exact) mass is 389 g/mol. The maximum absolute atomic E-state index is 12.1. The zero-order valence-electron chi connectivity index (χ0n) is 16.8. The molecule has 2 N–H and O–H groups in total. The predicted molar refractivity (Wildman–Crippen MR) is 107 cm³/mol. The van der Waals surface area contributed by atoms with Crippen LogP contribution in [0.3, 0.4) is 0 Å². The van der Waals surface area contributed by atoms with Gasteiger partial charge in [0.2, 0.25) is 5.91 Å². The van der Waals surface area contributed by atoms with E-state index in [0.717, 1.165) is 32.1 Å². The molecular formula is C17H35N5O3S. The van der Waals surface area contributed by atoms with Crippen molar-refractivity contribution in [2.24, 2.45) is 4.99 Å². The van der Waals surface area contributed by atoms with E-state index in [-0.39, 0.29) is 10.7 Å². The van der Waals surface area contributed by atoms with Crippen LogP contribution in [0.1, 0.15) is 20.8 Å². The molecule has 1 amide bonds. The van der Waals surface area contributed by atoms with Crippen LogP contribution in [0.15, 0.2) is 4.99 Å². The number of carbonyl (C=O) groups excluding carboxylic acids is 1. The van der Waals surface area contributed by atoms with E-state index < -0.39 is 10.8 Å². The molecule has 0 aliphatic carbocycles. The Kier molecular flexibility index (Phi) is 10.1. The smallest absolute Gasteiger partial charge is 0.234 e. The van der Waals surface area contributed by atoms with E-state index in [9.17, 15) is 9.00 Å². The maximum atomic E-state index is 12.1. The van der Waals surface area contributed by atoms with Gasteiger partial charge in [0, 0.05) is 74.7 Å². The summed E-state index contributed by atoms with van der Waals surface area (Å²) < 4.78 is 16.8. The van der Waals surface area contributed by atoms with Crippen molar-refractivity contribution in [2.75, 3.05) is 72.3 Å². The fourth-order valence-corrected chi connectivity index (χ4v) is 3.46. The molecule has 0 aromatic rings. The number of aliphatic imine (C=N–C) groups is 1. The molecule has 0 bridgehead atoms. The molecule has 0 spiro atoms. The first-order valence-corrected chi connectivity index (χ1v) is 10.4. The molecule has 1 heterocycles. The average molecular weight is 390 g/mol. The predicted octanol–water partition coefficient (Wildman–Crippen LogP) is -0.511. The third kappa shape index (κ3) is 8.46. The highest BCUT2D eigenvalue weighted by molar-refractivity contribution is 7.86. The number of ether oxygens (including phenoxy) is 1. The summed E-state index contributed by atoms with van der Waals surface area (Å²) in [7, 11) is 2.51. The van der Waals surface area contributed by atoms with Crippen molar-refractivity contribution >= 4 is 22.7 Å². The fourth-order valence-electron chi connectivity index (χ4n) is 2.56. The molecule has 0 radical (unpaired) electrons. The van der Waals surface area contributed by atoms with E-state index in [1.807, 2.05) is 20.8 Å². The van der Waals surface area contributed by atoms with Crippen LogP contribution in [0.2, 0.25) is 0 Å². The Labute approximate surface area is 160 Å². The highest BCUT2D eigenvalue weighted by Crippen LogP contribution is 2.10. The average Bonchev–Trinajstić information content (AvgIpc) is 2.59. The van der Waals surface area contributed by atoms with Gasteiger partial charge in [0.1, 0.15) is 0 Å². The third-order valence-corrected chi connectivity index (χ3v) is 6.07. The molecular weight excluding hydrogens is 354 g/mol. The van der Waals surface area contributed by atoms with E-state index in [2.05, 4.69) is 25.4 Å². The van der Waals surface area contributed by atoms with Gasteiger partial charge in [-0.05, 0) is 20.8 Å². The van der Waals surface area contributed by atoms with Crippen LogP contribution in [0.5, 0.6) is 0 Å². The topological polar surface area (TPSA) is 86.3 Å². The second kappa shape index (κ2) is 11.5. The van der Waals surface area contributed by atoms with Crippen molar-refractivity contribution < 1.29 is 13.7 Å². The van der Waals surface area contributed by atoms with Crippen LogP contribution in [0.25, 0.3) is 0 Å². The number of rotatable bonds is 8. The van der Waals surface area contributed by atoms with Gasteiger partial charge in [-0.3, -0.25) is 18.9 Å². The van der Waals surface area contributed by atoms with E-state index in [1.165, 1.54) is 0 Å². The lowest BCUT2D eigenvalue weighted by molar-refractivity contribution is -0.122. The Morgan fingerprint density at radius 3 is 2.35 bits per heavy atom. The minimum atomic E-state index is -0.875. The van der Waals surface area contributed by atoms with Crippen molar-refractivity contribution in [1.82, 2.24) is 20.4 Å². The van der Waals surface area contributed by atoms with Crippen LogP contribution >= 0.6 is 0 Å². The van der Waals surface area contributed by atoms with Crippen molar-refractivity contribution in [3.05, 3.63) is 0 Å². The molecule has 0 aromatic heterocycles. The molecule has 0 saturated carbocycles. The Balaban J connectivity index is 2.31. The number of nitrogens with one attached hydrogen (secondary N) is 2. The quantitative estimate of drug-likeness (QED) is 0.330. The molecule has 1 rings (SSSR count). The minimum absolute atomic E-state index is 0.0302. The number of nitrogens with zero attached hydrogens (tertiary/aromatic N) is 3. The molecule has 26 heavy (non-hydrogen) atoms. The van der Waals surface area contributed by atoms with E-state index in [1.54, 1.807) is 14.2 Å². The Morgan fingerprint density at radius 1 is 1.15 bits per heavy atom. The van der Waals surface area contributed by atoms with Gasteiger partial charge in [-0.25, -0.2) is 0 Å². The van der Waals surface area contributed by atoms with Crippen LogP contribution in [-0.2, 0) is 20.3 Å². The number of piperazine rings is 1. The molecule has 1 atom stereocenters. The van der Waals surface area contributed by atoms with Gasteiger partial charge in [-0.15, -0.1) is 0 Å². The zero-order valence-corrected chi connectivity index (χ0v) is 17.7. The lowest BCUT2D eigenvalue weighted by atomic mass is 10.3. The summed E-state index contributed by atoms with van der Waals surface area (Å²) in [5, 5.41) is 6.15. The maximum Gasteiger partial charge on any atom is 0.234 e. The summed E-state index contributed by atoms with van der Waals surface area (Å²) in [6, 6.07) is 0. The molecule has 1 aliphatic heterocycles. The van der Waals surface area contributed by atoms with Gasteiger partial charge in [0.25, 0.3) is 0 Å². The molecule has 8 nitrogen and oxygen atoms in total. The summed E-state index contributed by atoms with van der Waals surface area (Å²) in [5.41, 5.74) is 0. The highest BCUT2D eigenvalue weighted by atomic mass is 32.2. The van der Waals surface area contributed by atoms with Crippen molar-refractivity contribution in [1.29, 1.82) is 0 Å². The SMILES string of the molecule is CN=C(NCCS(=O)C(C)(C)C)N1CCN(CC(=O)NCCOC)CC1. The molecule has 0 aromatic carbocycles. The molecule has 1 unspecified atom stereocenters. The summed E-state index contributed by atoms with van der Waals surface area (Å²) in [5.74, 6) is 1.46. The second-order valence-corrected chi connectivity index (χ2v) is 9.57. The second-order valence-electron chi connectivity index (χ2n) is 7.24. The summed E-state index contributed by atoms with van der Waals surface area (Å²) in [6.07, 6.45) is 0. The number of methoxy groups -OCH3 is 1. The molecule has 1 saturated heterocycles. The van der Waals surface area contributed by atoms with Crippen LogP contribution < -0.4 is 10.6 Å². The summed E-state index contributed by atoms with van der Waals surface area (Å²) in [4.78, 5) is 20.5. The van der Waals surface area contributed by atoms with Gasteiger partial charge in [-0.1, -0.05) is 0 Å². The van der Waals surface area contributed by atoms with Gasteiger partial charge >= 0.3 is 0 Å². The minimum Gasteiger partial charge on any atom is -0.383 e. The van der Waals surface area contributed by atoms with Crippen molar-refractivity contribution in [2.45, 2.75) is 25.5 Å². The van der Waals surface area contributed by atoms with Crippen molar-refractivity contribution in [3.8, 4) is 0 Å². The number of hydrogen-bond acceptors (Lipinski definition) is 5. The number of guanidine groups is 1.